The third-order valence-corrected chi connectivity index (χ3v) is 3.29. The molecule has 19 heavy (non-hydrogen) atoms. The largest absolute Gasteiger partial charge is 0.354 e. The number of H-pyrrole nitrogens is 1. The van der Waals surface area contributed by atoms with Gasteiger partial charge in [-0.2, -0.15) is 5.10 Å². The summed E-state index contributed by atoms with van der Waals surface area (Å²) in [5, 5.41) is 13.2. The van der Waals surface area contributed by atoms with E-state index in [1.165, 1.54) is 0 Å². The highest BCUT2D eigenvalue weighted by Crippen LogP contribution is 2.13. The van der Waals surface area contributed by atoms with Gasteiger partial charge >= 0.3 is 0 Å². The first-order chi connectivity index (χ1) is 9.24. The molecule has 1 aromatic heterocycles. The Hall–Kier alpha value is -2.37. The summed E-state index contributed by atoms with van der Waals surface area (Å²) in [5.41, 5.74) is 1.33. The molecule has 2 heterocycles. The first-order valence-electron chi connectivity index (χ1n) is 6.26. The lowest BCUT2D eigenvalue weighted by Gasteiger charge is -2.22. The Kier molecular flexibility index (Phi) is 2.91. The number of aromatic amines is 1. The predicted molar refractivity (Wildman–Crippen MR) is 69.6 cm³/mol. The minimum atomic E-state index is -0.432. The van der Waals surface area contributed by atoms with Gasteiger partial charge in [0, 0.05) is 17.5 Å². The number of aromatic nitrogens is 2. The van der Waals surface area contributed by atoms with Gasteiger partial charge in [-0.05, 0) is 25.0 Å². The SMILES string of the molecule is O=C(NC1CCCNC1=O)c1ccc2cn[nH]c2c1. The van der Waals surface area contributed by atoms with Gasteiger partial charge in [-0.15, -0.1) is 0 Å². The van der Waals surface area contributed by atoms with Gasteiger partial charge in [0.2, 0.25) is 5.91 Å². The van der Waals surface area contributed by atoms with Gasteiger partial charge in [0.25, 0.3) is 5.91 Å². The highest BCUT2D eigenvalue weighted by molar-refractivity contribution is 6.00. The zero-order valence-corrected chi connectivity index (χ0v) is 10.3. The molecular formula is C13H14N4O2. The van der Waals surface area contributed by atoms with E-state index in [1.54, 1.807) is 18.3 Å². The van der Waals surface area contributed by atoms with Crippen LogP contribution in [0.15, 0.2) is 24.4 Å². The fourth-order valence-corrected chi connectivity index (χ4v) is 2.23. The van der Waals surface area contributed by atoms with Crippen LogP contribution in [-0.4, -0.2) is 34.6 Å². The van der Waals surface area contributed by atoms with Gasteiger partial charge < -0.3 is 10.6 Å². The molecule has 2 amide bonds. The molecule has 6 heteroatoms. The second-order valence-corrected chi connectivity index (χ2v) is 4.63. The number of nitrogens with one attached hydrogen (secondary N) is 3. The highest BCUT2D eigenvalue weighted by atomic mass is 16.2. The van der Waals surface area contributed by atoms with Crippen molar-refractivity contribution in [3.05, 3.63) is 30.0 Å². The lowest BCUT2D eigenvalue weighted by molar-refractivity contribution is -0.124. The maximum absolute atomic E-state index is 12.1. The van der Waals surface area contributed by atoms with Crippen LogP contribution in [0.4, 0.5) is 0 Å². The first kappa shape index (κ1) is 11.7. The number of fused-ring (bicyclic) bond motifs is 1. The van der Waals surface area contributed by atoms with E-state index < -0.39 is 6.04 Å². The molecule has 1 saturated heterocycles. The van der Waals surface area contributed by atoms with Crippen LogP contribution in [0.2, 0.25) is 0 Å². The van der Waals surface area contributed by atoms with E-state index >= 15 is 0 Å². The summed E-state index contributed by atoms with van der Waals surface area (Å²) in [6, 6.07) is 4.86. The smallest absolute Gasteiger partial charge is 0.252 e. The molecule has 0 saturated carbocycles. The average molecular weight is 258 g/mol. The summed E-state index contributed by atoms with van der Waals surface area (Å²) in [7, 11) is 0. The van der Waals surface area contributed by atoms with Crippen LogP contribution >= 0.6 is 0 Å². The Labute approximate surface area is 109 Å². The molecular weight excluding hydrogens is 244 g/mol. The van der Waals surface area contributed by atoms with Crippen LogP contribution in [0.3, 0.4) is 0 Å². The number of carbonyl (C=O) groups is 2. The fraction of sp³-hybridized carbons (Fsp3) is 0.308. The minimum Gasteiger partial charge on any atom is -0.354 e. The van der Waals surface area contributed by atoms with E-state index in [0.29, 0.717) is 18.5 Å². The van der Waals surface area contributed by atoms with E-state index in [9.17, 15) is 9.59 Å². The van der Waals surface area contributed by atoms with Crippen molar-refractivity contribution in [2.45, 2.75) is 18.9 Å². The molecule has 0 radical (unpaired) electrons. The standard InChI is InChI=1S/C13H14N4O2/c18-12(16-10-2-1-5-14-13(10)19)8-3-4-9-7-15-17-11(9)6-8/h3-4,6-7,10H,1-2,5H2,(H,14,19)(H,15,17)(H,16,18). The molecule has 6 nitrogen and oxygen atoms in total. The molecule has 3 rings (SSSR count). The molecule has 1 aromatic carbocycles. The molecule has 0 bridgehead atoms. The number of hydrogen-bond donors (Lipinski definition) is 3. The quantitative estimate of drug-likeness (QED) is 0.736. The number of carbonyl (C=O) groups excluding carboxylic acids is 2. The molecule has 2 aromatic rings. The summed E-state index contributed by atoms with van der Waals surface area (Å²) in [6.45, 7) is 0.686. The number of piperidine rings is 1. The summed E-state index contributed by atoms with van der Waals surface area (Å²) in [5.74, 6) is -0.347. The van der Waals surface area contributed by atoms with Crippen LogP contribution in [0.25, 0.3) is 10.9 Å². The first-order valence-corrected chi connectivity index (χ1v) is 6.26. The topological polar surface area (TPSA) is 86.9 Å². The molecule has 1 atom stereocenters. The Morgan fingerprint density at radius 2 is 2.32 bits per heavy atom. The summed E-state index contributed by atoms with van der Waals surface area (Å²) in [4.78, 5) is 23.7. The van der Waals surface area contributed by atoms with Crippen molar-refractivity contribution in [3.63, 3.8) is 0 Å². The average Bonchev–Trinajstić information content (AvgIpc) is 2.88. The van der Waals surface area contributed by atoms with Gasteiger partial charge in [-0.1, -0.05) is 6.07 Å². The van der Waals surface area contributed by atoms with E-state index in [4.69, 9.17) is 0 Å². The van der Waals surface area contributed by atoms with Gasteiger partial charge in [-0.3, -0.25) is 14.7 Å². The third-order valence-electron chi connectivity index (χ3n) is 3.29. The third kappa shape index (κ3) is 2.29. The Morgan fingerprint density at radius 3 is 3.16 bits per heavy atom. The van der Waals surface area contributed by atoms with Crippen molar-refractivity contribution in [1.29, 1.82) is 0 Å². The summed E-state index contributed by atoms with van der Waals surface area (Å²) in [6.07, 6.45) is 3.27. The molecule has 98 valence electrons. The van der Waals surface area contributed by atoms with Crippen molar-refractivity contribution in [2.75, 3.05) is 6.54 Å². The van der Waals surface area contributed by atoms with Gasteiger partial charge in [0.1, 0.15) is 6.04 Å². The molecule has 1 fully saturated rings. The van der Waals surface area contributed by atoms with E-state index in [1.807, 2.05) is 6.07 Å². The van der Waals surface area contributed by atoms with Gasteiger partial charge in [-0.25, -0.2) is 0 Å². The predicted octanol–water partition coefficient (Wildman–Crippen LogP) is 0.571. The normalized spacial score (nSPS) is 19.2. The summed E-state index contributed by atoms with van der Waals surface area (Å²) < 4.78 is 0. The molecule has 0 spiro atoms. The minimum absolute atomic E-state index is 0.109. The maximum atomic E-state index is 12.1. The second-order valence-electron chi connectivity index (χ2n) is 4.63. The van der Waals surface area contributed by atoms with Crippen LogP contribution < -0.4 is 10.6 Å². The summed E-state index contributed by atoms with van der Waals surface area (Å²) >= 11 is 0. The van der Waals surface area contributed by atoms with Crippen LogP contribution in [0.1, 0.15) is 23.2 Å². The lowest BCUT2D eigenvalue weighted by atomic mass is 10.1. The van der Waals surface area contributed by atoms with Crippen molar-refractivity contribution in [2.24, 2.45) is 0 Å². The Balaban J connectivity index is 1.77. The molecule has 1 unspecified atom stereocenters. The van der Waals surface area contributed by atoms with Gasteiger partial charge in [0.15, 0.2) is 0 Å². The van der Waals surface area contributed by atoms with E-state index in [0.717, 1.165) is 17.3 Å². The second kappa shape index (κ2) is 4.72. The van der Waals surface area contributed by atoms with Crippen LogP contribution in [0, 0.1) is 0 Å². The fourth-order valence-electron chi connectivity index (χ4n) is 2.23. The van der Waals surface area contributed by atoms with Crippen molar-refractivity contribution < 1.29 is 9.59 Å². The van der Waals surface area contributed by atoms with Crippen molar-refractivity contribution in [3.8, 4) is 0 Å². The van der Waals surface area contributed by atoms with E-state index in [2.05, 4.69) is 20.8 Å². The highest BCUT2D eigenvalue weighted by Gasteiger charge is 2.23. The number of nitrogens with zero attached hydrogens (tertiary/aromatic N) is 1. The number of hydrogen-bond acceptors (Lipinski definition) is 3. The van der Waals surface area contributed by atoms with Crippen molar-refractivity contribution in [1.82, 2.24) is 20.8 Å². The lowest BCUT2D eigenvalue weighted by Crippen LogP contribution is -2.50. The Morgan fingerprint density at radius 1 is 1.42 bits per heavy atom. The number of benzene rings is 1. The number of amides is 2. The number of rotatable bonds is 2. The van der Waals surface area contributed by atoms with E-state index in [-0.39, 0.29) is 11.8 Å². The molecule has 1 aliphatic rings. The Bertz CT molecular complexity index is 634. The van der Waals surface area contributed by atoms with Crippen molar-refractivity contribution >= 4 is 22.7 Å². The van der Waals surface area contributed by atoms with Crippen LogP contribution in [0.5, 0.6) is 0 Å². The molecule has 1 aliphatic heterocycles. The maximum Gasteiger partial charge on any atom is 0.252 e. The monoisotopic (exact) mass is 258 g/mol. The zero-order chi connectivity index (χ0) is 13.2. The zero-order valence-electron chi connectivity index (χ0n) is 10.3. The molecule has 3 N–H and O–H groups in total. The van der Waals surface area contributed by atoms with Crippen LogP contribution in [-0.2, 0) is 4.79 Å². The molecule has 0 aliphatic carbocycles. The van der Waals surface area contributed by atoms with Gasteiger partial charge in [0.05, 0.1) is 11.7 Å².